The SMILES string of the molecule is CCC(C)CC(=O)OCC[C@@](N)(Cc1ccc(OC(=O)OC(C)C(C)C)c(OC(=O)OC(C)C(C)C)c1)C(=O)OC. The van der Waals surface area contributed by atoms with Crippen LogP contribution in [0.2, 0.25) is 0 Å². The van der Waals surface area contributed by atoms with Gasteiger partial charge < -0.3 is 34.2 Å². The van der Waals surface area contributed by atoms with Crippen molar-refractivity contribution in [2.75, 3.05) is 13.7 Å². The Morgan fingerprint density at radius 2 is 1.39 bits per heavy atom. The fourth-order valence-corrected chi connectivity index (χ4v) is 3.29. The summed E-state index contributed by atoms with van der Waals surface area (Å²) in [4.78, 5) is 49.7. The zero-order chi connectivity index (χ0) is 31.3. The lowest BCUT2D eigenvalue weighted by atomic mass is 9.88. The fraction of sp³-hybridized carbons (Fsp3) is 0.667. The van der Waals surface area contributed by atoms with Gasteiger partial charge in [-0.05, 0) is 49.3 Å². The molecule has 0 saturated carbocycles. The minimum absolute atomic E-state index is 0.0201. The van der Waals surface area contributed by atoms with Crippen molar-refractivity contribution >= 4 is 24.2 Å². The smallest absolute Gasteiger partial charge is 0.468 e. The number of hydrogen-bond acceptors (Lipinski definition) is 11. The number of esters is 2. The lowest BCUT2D eigenvalue weighted by Gasteiger charge is -2.27. The zero-order valence-electron chi connectivity index (χ0n) is 25.8. The maximum atomic E-state index is 12.7. The van der Waals surface area contributed by atoms with E-state index >= 15 is 0 Å². The molecule has 0 fully saturated rings. The van der Waals surface area contributed by atoms with Crippen molar-refractivity contribution < 1.29 is 47.6 Å². The second-order valence-electron chi connectivity index (χ2n) is 11.1. The standard InChI is InChI=1S/C30H47NO10/c1-10-20(6)15-26(32)37-14-13-30(31,27(33)36-9)17-23-11-12-24(40-28(34)38-21(7)18(2)3)25(16-23)41-29(35)39-22(8)19(4)5/h11-12,16,18-22H,10,13-15,17,31H2,1-9H3/t20?,21?,22?,30-/m1/s1. The maximum absolute atomic E-state index is 12.7. The molecule has 0 radical (unpaired) electrons. The molecule has 232 valence electrons. The minimum Gasteiger partial charge on any atom is -0.468 e. The first-order valence-electron chi connectivity index (χ1n) is 14.0. The van der Waals surface area contributed by atoms with Crippen LogP contribution in [0.1, 0.15) is 80.2 Å². The van der Waals surface area contributed by atoms with Gasteiger partial charge in [-0.1, -0.05) is 54.0 Å². The summed E-state index contributed by atoms with van der Waals surface area (Å²) in [6.45, 7) is 14.8. The van der Waals surface area contributed by atoms with Crippen LogP contribution in [0, 0.1) is 17.8 Å². The third kappa shape index (κ3) is 12.4. The van der Waals surface area contributed by atoms with Crippen LogP contribution < -0.4 is 15.2 Å². The number of benzene rings is 1. The third-order valence-electron chi connectivity index (χ3n) is 6.97. The highest BCUT2D eigenvalue weighted by Crippen LogP contribution is 2.32. The van der Waals surface area contributed by atoms with E-state index in [4.69, 9.17) is 34.2 Å². The molecule has 1 rings (SSSR count). The number of nitrogens with two attached hydrogens (primary N) is 1. The Kier molecular flexibility index (Phi) is 14.6. The topological polar surface area (TPSA) is 150 Å². The van der Waals surface area contributed by atoms with Crippen molar-refractivity contribution in [3.63, 3.8) is 0 Å². The molecule has 41 heavy (non-hydrogen) atoms. The molecular formula is C30H47NO10. The Morgan fingerprint density at radius 3 is 1.88 bits per heavy atom. The molecule has 0 aromatic heterocycles. The van der Waals surface area contributed by atoms with Gasteiger partial charge in [0.1, 0.15) is 17.7 Å². The average molecular weight is 582 g/mol. The lowest BCUT2D eigenvalue weighted by Crippen LogP contribution is -2.51. The molecule has 0 spiro atoms. The van der Waals surface area contributed by atoms with Gasteiger partial charge >= 0.3 is 24.2 Å². The monoisotopic (exact) mass is 581 g/mol. The molecule has 11 heteroatoms. The Balaban J connectivity index is 3.21. The predicted octanol–water partition coefficient (Wildman–Crippen LogP) is 5.59. The zero-order valence-corrected chi connectivity index (χ0v) is 25.8. The molecule has 0 amide bonds. The third-order valence-corrected chi connectivity index (χ3v) is 6.97. The van der Waals surface area contributed by atoms with Crippen LogP contribution in [0.5, 0.6) is 11.5 Å². The highest BCUT2D eigenvalue weighted by molar-refractivity contribution is 5.81. The van der Waals surface area contributed by atoms with Crippen molar-refractivity contribution in [1.29, 1.82) is 0 Å². The molecule has 4 atom stereocenters. The molecule has 11 nitrogen and oxygen atoms in total. The maximum Gasteiger partial charge on any atom is 0.514 e. The van der Waals surface area contributed by atoms with Crippen molar-refractivity contribution in [3.8, 4) is 11.5 Å². The van der Waals surface area contributed by atoms with E-state index in [1.54, 1.807) is 19.9 Å². The van der Waals surface area contributed by atoms with Gasteiger partial charge in [0.15, 0.2) is 11.5 Å². The molecule has 1 aromatic rings. The van der Waals surface area contributed by atoms with Gasteiger partial charge in [0.25, 0.3) is 0 Å². The number of carbonyl (C=O) groups is 4. The van der Waals surface area contributed by atoms with E-state index in [-0.39, 0.29) is 61.1 Å². The molecule has 0 saturated heterocycles. The summed E-state index contributed by atoms with van der Waals surface area (Å²) in [5, 5.41) is 0. The molecule has 0 bridgehead atoms. The van der Waals surface area contributed by atoms with E-state index in [2.05, 4.69) is 0 Å². The normalized spacial score (nSPS) is 14.8. The van der Waals surface area contributed by atoms with Crippen LogP contribution in [0.25, 0.3) is 0 Å². The molecule has 1 aromatic carbocycles. The van der Waals surface area contributed by atoms with Gasteiger partial charge in [0.05, 0.1) is 13.7 Å². The van der Waals surface area contributed by atoms with Gasteiger partial charge in [-0.2, -0.15) is 0 Å². The summed E-state index contributed by atoms with van der Waals surface area (Å²) in [6.07, 6.45) is -1.82. The van der Waals surface area contributed by atoms with Crippen molar-refractivity contribution in [2.45, 2.75) is 98.8 Å². The molecule has 0 aliphatic carbocycles. The minimum atomic E-state index is -1.57. The van der Waals surface area contributed by atoms with E-state index in [0.29, 0.717) is 5.56 Å². The van der Waals surface area contributed by atoms with Crippen LogP contribution in [-0.4, -0.2) is 55.7 Å². The summed E-state index contributed by atoms with van der Waals surface area (Å²) >= 11 is 0. The van der Waals surface area contributed by atoms with E-state index in [1.807, 2.05) is 41.5 Å². The molecule has 2 N–H and O–H groups in total. The van der Waals surface area contributed by atoms with Crippen LogP contribution in [0.4, 0.5) is 9.59 Å². The van der Waals surface area contributed by atoms with Crippen molar-refractivity contribution in [2.24, 2.45) is 23.5 Å². The first-order valence-corrected chi connectivity index (χ1v) is 14.0. The van der Waals surface area contributed by atoms with E-state index in [1.165, 1.54) is 19.2 Å². The Labute approximate surface area is 243 Å². The predicted molar refractivity (Wildman–Crippen MR) is 152 cm³/mol. The summed E-state index contributed by atoms with van der Waals surface area (Å²) in [5.74, 6) is -1.06. The molecule has 0 heterocycles. The van der Waals surface area contributed by atoms with E-state index < -0.39 is 36.0 Å². The van der Waals surface area contributed by atoms with Gasteiger partial charge in [0.2, 0.25) is 0 Å². The molecule has 0 aliphatic heterocycles. The van der Waals surface area contributed by atoms with Gasteiger partial charge in [-0.15, -0.1) is 0 Å². The largest absolute Gasteiger partial charge is 0.514 e. The summed E-state index contributed by atoms with van der Waals surface area (Å²) < 4.78 is 31.5. The van der Waals surface area contributed by atoms with Gasteiger partial charge in [-0.25, -0.2) is 9.59 Å². The van der Waals surface area contributed by atoms with Gasteiger partial charge in [-0.3, -0.25) is 9.59 Å². The average Bonchev–Trinajstić information content (AvgIpc) is 2.89. The molecule has 3 unspecified atom stereocenters. The van der Waals surface area contributed by atoms with Crippen LogP contribution in [0.3, 0.4) is 0 Å². The van der Waals surface area contributed by atoms with Crippen LogP contribution in [0.15, 0.2) is 18.2 Å². The van der Waals surface area contributed by atoms with Crippen molar-refractivity contribution in [1.82, 2.24) is 0 Å². The fourth-order valence-electron chi connectivity index (χ4n) is 3.29. The van der Waals surface area contributed by atoms with E-state index in [9.17, 15) is 19.2 Å². The number of rotatable bonds is 15. The van der Waals surface area contributed by atoms with Crippen molar-refractivity contribution in [3.05, 3.63) is 23.8 Å². The summed E-state index contributed by atoms with van der Waals surface area (Å²) in [5.41, 5.74) is 5.34. The highest BCUT2D eigenvalue weighted by Gasteiger charge is 2.36. The summed E-state index contributed by atoms with van der Waals surface area (Å²) in [7, 11) is 1.21. The second kappa shape index (κ2) is 16.8. The number of methoxy groups -OCH3 is 1. The van der Waals surface area contributed by atoms with Crippen LogP contribution in [-0.2, 0) is 35.0 Å². The Hall–Kier alpha value is -3.34. The van der Waals surface area contributed by atoms with Crippen LogP contribution >= 0.6 is 0 Å². The lowest BCUT2D eigenvalue weighted by molar-refractivity contribution is -0.151. The van der Waals surface area contributed by atoms with Gasteiger partial charge in [0, 0.05) is 19.3 Å². The first kappa shape index (κ1) is 35.7. The molecule has 0 aliphatic rings. The second-order valence-corrected chi connectivity index (χ2v) is 11.1. The van der Waals surface area contributed by atoms with E-state index in [0.717, 1.165) is 6.42 Å². The number of hydrogen-bond donors (Lipinski definition) is 1. The number of ether oxygens (including phenoxy) is 6. The Morgan fingerprint density at radius 1 is 0.854 bits per heavy atom. The Bertz CT molecular complexity index is 1020. The first-order chi connectivity index (χ1) is 19.1. The highest BCUT2D eigenvalue weighted by atomic mass is 16.8. The quantitative estimate of drug-likeness (QED) is 0.157. The molecular weight excluding hydrogens is 534 g/mol. The number of carbonyl (C=O) groups excluding carboxylic acids is 4. The summed E-state index contributed by atoms with van der Waals surface area (Å²) in [6, 6.07) is 4.37.